The highest BCUT2D eigenvalue weighted by molar-refractivity contribution is 5.93. The summed E-state index contributed by atoms with van der Waals surface area (Å²) >= 11 is 0. The lowest BCUT2D eigenvalue weighted by Crippen LogP contribution is -2.27. The first-order chi connectivity index (χ1) is 9.08. The van der Waals surface area contributed by atoms with Crippen molar-refractivity contribution in [3.8, 4) is 5.75 Å². The topological polar surface area (TPSA) is 53.4 Å². The maximum atomic E-state index is 13.4. The SMILES string of the molecule is CN(Cc1ccc(O)cc1)C(=O)c1cccnc1F. The molecule has 0 aliphatic carbocycles. The Kier molecular flexibility index (Phi) is 3.75. The summed E-state index contributed by atoms with van der Waals surface area (Å²) in [5.41, 5.74) is 0.793. The number of phenolic OH excluding ortho intramolecular Hbond substituents is 1. The highest BCUT2D eigenvalue weighted by Crippen LogP contribution is 2.13. The molecule has 0 fully saturated rings. The molecule has 1 N–H and O–H groups in total. The van der Waals surface area contributed by atoms with Gasteiger partial charge in [-0.15, -0.1) is 0 Å². The van der Waals surface area contributed by atoms with Gasteiger partial charge in [-0.05, 0) is 29.8 Å². The van der Waals surface area contributed by atoms with Crippen LogP contribution in [-0.2, 0) is 6.54 Å². The van der Waals surface area contributed by atoms with E-state index in [2.05, 4.69) is 4.98 Å². The maximum absolute atomic E-state index is 13.4. The summed E-state index contributed by atoms with van der Waals surface area (Å²) in [6.07, 6.45) is 1.30. The molecule has 0 saturated carbocycles. The van der Waals surface area contributed by atoms with Crippen LogP contribution >= 0.6 is 0 Å². The Labute approximate surface area is 110 Å². The van der Waals surface area contributed by atoms with Crippen LogP contribution in [0.5, 0.6) is 5.75 Å². The average Bonchev–Trinajstić information content (AvgIpc) is 2.41. The number of hydrogen-bond acceptors (Lipinski definition) is 3. The number of carbonyl (C=O) groups is 1. The molecule has 19 heavy (non-hydrogen) atoms. The molecule has 1 aromatic heterocycles. The number of aromatic hydroxyl groups is 1. The molecule has 1 aromatic carbocycles. The van der Waals surface area contributed by atoms with Gasteiger partial charge in [0, 0.05) is 19.8 Å². The van der Waals surface area contributed by atoms with Crippen LogP contribution in [-0.4, -0.2) is 27.9 Å². The Morgan fingerprint density at radius 2 is 2.00 bits per heavy atom. The van der Waals surface area contributed by atoms with Gasteiger partial charge in [0.15, 0.2) is 0 Å². The third-order valence-electron chi connectivity index (χ3n) is 2.69. The minimum atomic E-state index is -0.773. The lowest BCUT2D eigenvalue weighted by Gasteiger charge is -2.17. The van der Waals surface area contributed by atoms with Gasteiger partial charge in [-0.2, -0.15) is 4.39 Å². The van der Waals surface area contributed by atoms with Crippen LogP contribution in [0.3, 0.4) is 0 Å². The Bertz CT molecular complexity index is 584. The zero-order chi connectivity index (χ0) is 13.8. The fraction of sp³-hybridized carbons (Fsp3) is 0.143. The second kappa shape index (κ2) is 5.48. The lowest BCUT2D eigenvalue weighted by molar-refractivity contribution is 0.0779. The fourth-order valence-electron chi connectivity index (χ4n) is 1.70. The molecule has 0 radical (unpaired) electrons. The predicted molar refractivity (Wildman–Crippen MR) is 68.1 cm³/mol. The predicted octanol–water partition coefficient (Wildman–Crippen LogP) is 2.20. The molecular weight excluding hydrogens is 247 g/mol. The molecule has 1 amide bonds. The summed E-state index contributed by atoms with van der Waals surface area (Å²) in [4.78, 5) is 16.9. The van der Waals surface area contributed by atoms with Crippen molar-refractivity contribution < 1.29 is 14.3 Å². The molecule has 0 aliphatic heterocycles. The van der Waals surface area contributed by atoms with Crippen LogP contribution in [0, 0.1) is 5.95 Å². The molecule has 0 saturated heterocycles. The van der Waals surface area contributed by atoms with E-state index in [4.69, 9.17) is 0 Å². The maximum Gasteiger partial charge on any atom is 0.258 e. The van der Waals surface area contributed by atoms with Crippen molar-refractivity contribution >= 4 is 5.91 Å². The van der Waals surface area contributed by atoms with Crippen LogP contribution in [0.2, 0.25) is 0 Å². The van der Waals surface area contributed by atoms with Gasteiger partial charge in [0.25, 0.3) is 5.91 Å². The number of rotatable bonds is 3. The second-order valence-corrected chi connectivity index (χ2v) is 4.17. The number of phenols is 1. The molecule has 1 heterocycles. The highest BCUT2D eigenvalue weighted by Gasteiger charge is 2.16. The molecule has 4 nitrogen and oxygen atoms in total. The van der Waals surface area contributed by atoms with E-state index in [1.54, 1.807) is 19.2 Å². The van der Waals surface area contributed by atoms with Crippen LogP contribution in [0.25, 0.3) is 0 Å². The number of hydrogen-bond donors (Lipinski definition) is 1. The van der Waals surface area contributed by atoms with Crippen LogP contribution in [0.15, 0.2) is 42.6 Å². The van der Waals surface area contributed by atoms with E-state index in [0.717, 1.165) is 5.56 Å². The van der Waals surface area contributed by atoms with Gasteiger partial charge in [0.05, 0.1) is 5.56 Å². The molecule has 0 unspecified atom stereocenters. The number of amides is 1. The number of aromatic nitrogens is 1. The van der Waals surface area contributed by atoms with Crippen molar-refractivity contribution in [2.24, 2.45) is 0 Å². The first-order valence-electron chi connectivity index (χ1n) is 5.72. The largest absolute Gasteiger partial charge is 0.508 e. The standard InChI is InChI=1S/C14H13FN2O2/c1-17(9-10-4-6-11(18)7-5-10)14(19)12-3-2-8-16-13(12)15/h2-8,18H,9H2,1H3. The van der Waals surface area contributed by atoms with E-state index in [1.165, 1.54) is 35.4 Å². The Hall–Kier alpha value is -2.43. The third kappa shape index (κ3) is 3.07. The van der Waals surface area contributed by atoms with E-state index in [-0.39, 0.29) is 11.3 Å². The number of benzene rings is 1. The summed E-state index contributed by atoms with van der Waals surface area (Å²) in [5.74, 6) is -1.04. The van der Waals surface area contributed by atoms with Gasteiger partial charge >= 0.3 is 0 Å². The first kappa shape index (κ1) is 13.0. The number of pyridine rings is 1. The normalized spacial score (nSPS) is 10.2. The van der Waals surface area contributed by atoms with Gasteiger partial charge in [0.1, 0.15) is 5.75 Å². The monoisotopic (exact) mass is 260 g/mol. The van der Waals surface area contributed by atoms with Crippen molar-refractivity contribution in [1.82, 2.24) is 9.88 Å². The molecule has 0 spiro atoms. The fourth-order valence-corrected chi connectivity index (χ4v) is 1.70. The minimum absolute atomic E-state index is 0.0521. The minimum Gasteiger partial charge on any atom is -0.508 e. The number of carbonyl (C=O) groups excluding carboxylic acids is 1. The molecule has 0 atom stereocenters. The molecule has 98 valence electrons. The van der Waals surface area contributed by atoms with Gasteiger partial charge < -0.3 is 10.0 Å². The Morgan fingerprint density at radius 1 is 1.32 bits per heavy atom. The Balaban J connectivity index is 2.12. The molecule has 2 rings (SSSR count). The van der Waals surface area contributed by atoms with Gasteiger partial charge in [-0.3, -0.25) is 4.79 Å². The van der Waals surface area contributed by atoms with E-state index in [9.17, 15) is 14.3 Å². The van der Waals surface area contributed by atoms with Crippen LogP contribution in [0.4, 0.5) is 4.39 Å². The van der Waals surface area contributed by atoms with Crippen LogP contribution in [0.1, 0.15) is 15.9 Å². The van der Waals surface area contributed by atoms with E-state index >= 15 is 0 Å². The highest BCUT2D eigenvalue weighted by atomic mass is 19.1. The van der Waals surface area contributed by atoms with Gasteiger partial charge in [0.2, 0.25) is 5.95 Å². The molecule has 0 bridgehead atoms. The zero-order valence-corrected chi connectivity index (χ0v) is 10.4. The Morgan fingerprint density at radius 3 is 2.63 bits per heavy atom. The summed E-state index contributed by atoms with van der Waals surface area (Å²) in [7, 11) is 1.58. The smallest absolute Gasteiger partial charge is 0.258 e. The van der Waals surface area contributed by atoms with E-state index in [0.29, 0.717) is 6.54 Å². The summed E-state index contributed by atoms with van der Waals surface area (Å²) in [6, 6.07) is 9.41. The molecule has 2 aromatic rings. The van der Waals surface area contributed by atoms with Crippen molar-refractivity contribution in [1.29, 1.82) is 0 Å². The van der Waals surface area contributed by atoms with Crippen LogP contribution < -0.4 is 0 Å². The van der Waals surface area contributed by atoms with Gasteiger partial charge in [-0.1, -0.05) is 12.1 Å². The van der Waals surface area contributed by atoms with Crippen molar-refractivity contribution in [3.05, 3.63) is 59.7 Å². The first-order valence-corrected chi connectivity index (χ1v) is 5.72. The summed E-state index contributed by atoms with van der Waals surface area (Å²) in [6.45, 7) is 0.327. The molecule has 0 aliphatic rings. The van der Waals surface area contributed by atoms with E-state index < -0.39 is 11.9 Å². The quantitative estimate of drug-likeness (QED) is 0.861. The van der Waals surface area contributed by atoms with E-state index in [1.807, 2.05) is 0 Å². The third-order valence-corrected chi connectivity index (χ3v) is 2.69. The van der Waals surface area contributed by atoms with Crippen molar-refractivity contribution in [2.45, 2.75) is 6.54 Å². The summed E-state index contributed by atoms with van der Waals surface area (Å²) in [5, 5.41) is 9.18. The van der Waals surface area contributed by atoms with Crippen molar-refractivity contribution in [2.75, 3.05) is 7.05 Å². The number of halogens is 1. The number of nitrogens with zero attached hydrogens (tertiary/aromatic N) is 2. The molecular formula is C14H13FN2O2. The van der Waals surface area contributed by atoms with Crippen molar-refractivity contribution in [3.63, 3.8) is 0 Å². The second-order valence-electron chi connectivity index (χ2n) is 4.17. The average molecular weight is 260 g/mol. The van der Waals surface area contributed by atoms with Gasteiger partial charge in [-0.25, -0.2) is 4.98 Å². The zero-order valence-electron chi connectivity index (χ0n) is 10.4. The summed E-state index contributed by atoms with van der Waals surface area (Å²) < 4.78 is 13.4. The lowest BCUT2D eigenvalue weighted by atomic mass is 10.2. The molecule has 5 heteroatoms.